The lowest BCUT2D eigenvalue weighted by Crippen LogP contribution is -2.13. The van der Waals surface area contributed by atoms with E-state index in [4.69, 9.17) is 0 Å². The maximum atomic E-state index is 12.4. The molecule has 3 heteroatoms. The minimum atomic E-state index is 0.0627. The molecule has 0 saturated heterocycles. The first-order valence-corrected chi connectivity index (χ1v) is 7.35. The van der Waals surface area contributed by atoms with Crippen LogP contribution in [-0.4, -0.2) is 15.6 Å². The predicted octanol–water partition coefficient (Wildman–Crippen LogP) is 3.45. The van der Waals surface area contributed by atoms with Crippen LogP contribution in [0.1, 0.15) is 47.9 Å². The van der Waals surface area contributed by atoms with Crippen molar-refractivity contribution < 1.29 is 4.79 Å². The van der Waals surface area contributed by atoms with E-state index in [9.17, 15) is 4.79 Å². The lowest BCUT2D eigenvalue weighted by molar-refractivity contribution is 0.0935. The third-order valence-corrected chi connectivity index (χ3v) is 4.28. The first-order valence-electron chi connectivity index (χ1n) is 7.35. The Balaban J connectivity index is 1.74. The molecule has 1 heterocycles. The minimum absolute atomic E-state index is 0.0627. The molecule has 1 aromatic carbocycles. The van der Waals surface area contributed by atoms with Gasteiger partial charge in [0.05, 0.1) is 5.69 Å². The lowest BCUT2D eigenvalue weighted by Gasteiger charge is -2.09. The van der Waals surface area contributed by atoms with Crippen molar-refractivity contribution in [1.82, 2.24) is 9.78 Å². The van der Waals surface area contributed by atoms with Gasteiger partial charge in [0, 0.05) is 30.1 Å². The number of rotatable bonds is 4. The van der Waals surface area contributed by atoms with Crippen molar-refractivity contribution in [1.29, 1.82) is 0 Å². The molecule has 2 atom stereocenters. The molecule has 3 nitrogen and oxygen atoms in total. The van der Waals surface area contributed by atoms with Crippen LogP contribution in [-0.2, 0) is 12.8 Å². The van der Waals surface area contributed by atoms with Gasteiger partial charge in [-0.2, -0.15) is 5.10 Å². The van der Waals surface area contributed by atoms with E-state index in [2.05, 4.69) is 25.0 Å². The highest BCUT2D eigenvalue weighted by Crippen LogP contribution is 2.28. The maximum Gasteiger partial charge on any atom is 0.166 e. The number of fused-ring (bicyclic) bond motifs is 1. The van der Waals surface area contributed by atoms with E-state index in [-0.39, 0.29) is 11.7 Å². The van der Waals surface area contributed by atoms with Crippen LogP contribution < -0.4 is 0 Å². The Labute approximate surface area is 119 Å². The van der Waals surface area contributed by atoms with E-state index in [0.29, 0.717) is 6.04 Å². The van der Waals surface area contributed by atoms with Crippen molar-refractivity contribution in [3.8, 4) is 0 Å². The zero-order chi connectivity index (χ0) is 14.1. The Morgan fingerprint density at radius 2 is 2.15 bits per heavy atom. The van der Waals surface area contributed by atoms with E-state index in [1.54, 1.807) is 0 Å². The van der Waals surface area contributed by atoms with Gasteiger partial charge < -0.3 is 0 Å². The summed E-state index contributed by atoms with van der Waals surface area (Å²) in [6.07, 6.45) is 4.69. The van der Waals surface area contributed by atoms with E-state index in [1.807, 2.05) is 35.1 Å². The monoisotopic (exact) mass is 268 g/mol. The van der Waals surface area contributed by atoms with Gasteiger partial charge in [0.2, 0.25) is 0 Å². The highest BCUT2D eigenvalue weighted by atomic mass is 16.1. The molecular weight excluding hydrogens is 248 g/mol. The minimum Gasteiger partial charge on any atom is -0.294 e. The van der Waals surface area contributed by atoms with Gasteiger partial charge in [-0.25, -0.2) is 0 Å². The molecule has 0 N–H and O–H groups in total. The Morgan fingerprint density at radius 3 is 2.90 bits per heavy atom. The third kappa shape index (κ3) is 2.28. The highest BCUT2D eigenvalue weighted by Gasteiger charge is 2.30. The first kappa shape index (κ1) is 13.1. The van der Waals surface area contributed by atoms with E-state index in [0.717, 1.165) is 30.5 Å². The van der Waals surface area contributed by atoms with Gasteiger partial charge in [-0.05, 0) is 31.4 Å². The summed E-state index contributed by atoms with van der Waals surface area (Å²) in [5.41, 5.74) is 3.11. The van der Waals surface area contributed by atoms with Crippen LogP contribution in [0.5, 0.6) is 0 Å². The summed E-state index contributed by atoms with van der Waals surface area (Å²) in [6, 6.07) is 10.4. The van der Waals surface area contributed by atoms with Gasteiger partial charge >= 0.3 is 0 Å². The van der Waals surface area contributed by atoms with E-state index in [1.165, 1.54) is 5.56 Å². The molecule has 104 valence electrons. The number of hydrogen-bond donors (Lipinski definition) is 0. The summed E-state index contributed by atoms with van der Waals surface area (Å²) in [7, 11) is 0. The molecule has 1 aromatic heterocycles. The van der Waals surface area contributed by atoms with Gasteiger partial charge in [-0.15, -0.1) is 0 Å². The fourth-order valence-electron chi connectivity index (χ4n) is 2.85. The molecule has 0 aliphatic heterocycles. The molecule has 0 radical (unpaired) electrons. The fourth-order valence-corrected chi connectivity index (χ4v) is 2.85. The van der Waals surface area contributed by atoms with Crippen molar-refractivity contribution >= 4 is 5.78 Å². The molecule has 20 heavy (non-hydrogen) atoms. The molecule has 0 spiro atoms. The second-order valence-electron chi connectivity index (χ2n) is 5.67. The summed E-state index contributed by atoms with van der Waals surface area (Å²) in [6.45, 7) is 4.32. The predicted molar refractivity (Wildman–Crippen MR) is 78.9 cm³/mol. The largest absolute Gasteiger partial charge is 0.294 e. The van der Waals surface area contributed by atoms with Crippen LogP contribution in [0.15, 0.2) is 36.5 Å². The second-order valence-corrected chi connectivity index (χ2v) is 5.67. The average Bonchev–Trinajstić information content (AvgIpc) is 3.05. The van der Waals surface area contributed by atoms with Gasteiger partial charge in [0.1, 0.15) is 0 Å². The number of hydrogen-bond acceptors (Lipinski definition) is 2. The number of nitrogens with zero attached hydrogens (tertiary/aromatic N) is 2. The zero-order valence-corrected chi connectivity index (χ0v) is 12.0. The van der Waals surface area contributed by atoms with Crippen molar-refractivity contribution in [2.45, 2.75) is 39.2 Å². The first-order chi connectivity index (χ1) is 9.69. The molecule has 0 saturated carbocycles. The number of carbonyl (C=O) groups is 1. The van der Waals surface area contributed by atoms with Gasteiger partial charge in [0.25, 0.3) is 0 Å². The highest BCUT2D eigenvalue weighted by molar-refractivity contribution is 6.02. The quantitative estimate of drug-likeness (QED) is 0.851. The molecule has 0 bridgehead atoms. The van der Waals surface area contributed by atoms with Crippen molar-refractivity contribution in [3.05, 3.63) is 53.3 Å². The van der Waals surface area contributed by atoms with Crippen LogP contribution in [0.4, 0.5) is 0 Å². The zero-order valence-electron chi connectivity index (χ0n) is 12.0. The fraction of sp³-hybridized carbons (Fsp3) is 0.412. The molecule has 2 unspecified atom stereocenters. The smallest absolute Gasteiger partial charge is 0.166 e. The molecule has 0 amide bonds. The number of carbonyl (C=O) groups excluding carboxylic acids is 1. The Morgan fingerprint density at radius 1 is 1.35 bits per heavy atom. The standard InChI is InChI=1S/C17H20N2O/c1-3-12(2)19-9-8-15(18-19)11-14-10-13-6-4-5-7-16(13)17(14)20/h4-9,12,14H,3,10-11H2,1-2H3. The summed E-state index contributed by atoms with van der Waals surface area (Å²) in [5.74, 6) is 0.339. The second kappa shape index (κ2) is 5.23. The molecule has 1 aliphatic carbocycles. The van der Waals surface area contributed by atoms with Crippen LogP contribution in [0, 0.1) is 5.92 Å². The number of Topliss-reactive ketones (excluding diaryl/α,β-unsaturated/α-hetero) is 1. The number of ketones is 1. The van der Waals surface area contributed by atoms with Crippen molar-refractivity contribution in [2.75, 3.05) is 0 Å². The molecular formula is C17H20N2O. The number of aromatic nitrogens is 2. The van der Waals surface area contributed by atoms with Crippen LogP contribution >= 0.6 is 0 Å². The van der Waals surface area contributed by atoms with E-state index >= 15 is 0 Å². The third-order valence-electron chi connectivity index (χ3n) is 4.28. The van der Waals surface area contributed by atoms with Crippen molar-refractivity contribution in [2.24, 2.45) is 5.92 Å². The lowest BCUT2D eigenvalue weighted by atomic mass is 9.99. The van der Waals surface area contributed by atoms with Crippen LogP contribution in [0.3, 0.4) is 0 Å². The average molecular weight is 268 g/mol. The molecule has 2 aromatic rings. The number of benzene rings is 1. The maximum absolute atomic E-state index is 12.4. The van der Waals surface area contributed by atoms with Crippen LogP contribution in [0.2, 0.25) is 0 Å². The molecule has 3 rings (SSSR count). The van der Waals surface area contributed by atoms with E-state index < -0.39 is 0 Å². The van der Waals surface area contributed by atoms with Crippen molar-refractivity contribution in [3.63, 3.8) is 0 Å². The molecule has 1 aliphatic rings. The summed E-state index contributed by atoms with van der Waals surface area (Å²) in [5, 5.41) is 4.61. The summed E-state index contributed by atoms with van der Waals surface area (Å²) < 4.78 is 2.00. The van der Waals surface area contributed by atoms with Gasteiger partial charge in [0.15, 0.2) is 5.78 Å². The van der Waals surface area contributed by atoms with Gasteiger partial charge in [-0.1, -0.05) is 31.2 Å². The van der Waals surface area contributed by atoms with Gasteiger partial charge in [-0.3, -0.25) is 9.48 Å². The Bertz CT molecular complexity index is 629. The Kier molecular flexibility index (Phi) is 3.43. The summed E-state index contributed by atoms with van der Waals surface area (Å²) in [4.78, 5) is 12.4. The summed E-state index contributed by atoms with van der Waals surface area (Å²) >= 11 is 0. The SMILES string of the molecule is CCC(C)n1ccc(CC2Cc3ccccc3C2=O)n1. The molecule has 0 fully saturated rings. The normalized spacial score (nSPS) is 19.1. The topological polar surface area (TPSA) is 34.9 Å². The Hall–Kier alpha value is -1.90. The van der Waals surface area contributed by atoms with Crippen LogP contribution in [0.25, 0.3) is 0 Å².